The number of esters is 1. The molecule has 0 fully saturated rings. The summed E-state index contributed by atoms with van der Waals surface area (Å²) in [7, 11) is -3.74. The molecule has 0 saturated heterocycles. The Bertz CT molecular complexity index is 1070. The van der Waals surface area contributed by atoms with Gasteiger partial charge in [-0.15, -0.1) is 0 Å². The molecule has 1 unspecified atom stereocenters. The molecule has 1 N–H and O–H groups in total. The van der Waals surface area contributed by atoms with Crippen molar-refractivity contribution < 1.29 is 22.7 Å². The fourth-order valence-corrected chi connectivity index (χ4v) is 4.26. The number of carbonyl (C=O) groups excluding carboxylic acids is 2. The number of sulfonamides is 1. The highest BCUT2D eigenvalue weighted by Crippen LogP contribution is 2.27. The fourth-order valence-electron chi connectivity index (χ4n) is 2.87. The number of nitrogens with zero attached hydrogens (tertiary/aromatic N) is 1. The molecule has 0 radical (unpaired) electrons. The van der Waals surface area contributed by atoms with E-state index in [-0.39, 0.29) is 22.9 Å². The number of anilines is 2. The predicted molar refractivity (Wildman–Crippen MR) is 119 cm³/mol. The van der Waals surface area contributed by atoms with Crippen molar-refractivity contribution >= 4 is 44.9 Å². The zero-order chi connectivity index (χ0) is 22.6. The van der Waals surface area contributed by atoms with Gasteiger partial charge in [-0.3, -0.25) is 9.10 Å². The molecule has 30 heavy (non-hydrogen) atoms. The largest absolute Gasteiger partial charge is 0.462 e. The number of carbonyl (C=O) groups is 2. The van der Waals surface area contributed by atoms with E-state index in [1.807, 2.05) is 13.8 Å². The normalized spacial score (nSPS) is 12.2. The number of nitrogens with one attached hydrogen (secondary N) is 1. The van der Waals surface area contributed by atoms with E-state index in [1.165, 1.54) is 25.1 Å². The van der Waals surface area contributed by atoms with E-state index >= 15 is 0 Å². The van der Waals surface area contributed by atoms with Crippen LogP contribution in [0.2, 0.25) is 5.02 Å². The molecule has 7 nitrogen and oxygen atoms in total. The number of aryl methyl sites for hydroxylation is 2. The Balaban J connectivity index is 2.30. The third-order valence-corrected chi connectivity index (χ3v) is 6.13. The van der Waals surface area contributed by atoms with Crippen molar-refractivity contribution in [3.8, 4) is 0 Å². The third kappa shape index (κ3) is 5.52. The summed E-state index contributed by atoms with van der Waals surface area (Å²) < 4.78 is 30.9. The van der Waals surface area contributed by atoms with Gasteiger partial charge in [0, 0.05) is 0 Å². The number of hydrogen-bond acceptors (Lipinski definition) is 5. The van der Waals surface area contributed by atoms with Crippen molar-refractivity contribution in [2.75, 3.05) is 22.5 Å². The summed E-state index contributed by atoms with van der Waals surface area (Å²) in [5.41, 5.74) is 2.83. The third-order valence-electron chi connectivity index (χ3n) is 4.57. The van der Waals surface area contributed by atoms with E-state index < -0.39 is 27.9 Å². The minimum Gasteiger partial charge on any atom is -0.462 e. The lowest BCUT2D eigenvalue weighted by Gasteiger charge is -2.28. The minimum atomic E-state index is -3.74. The van der Waals surface area contributed by atoms with Gasteiger partial charge >= 0.3 is 5.97 Å². The molecule has 2 aromatic carbocycles. The Labute approximate surface area is 182 Å². The van der Waals surface area contributed by atoms with Crippen LogP contribution in [0.3, 0.4) is 0 Å². The first-order valence-electron chi connectivity index (χ1n) is 9.30. The molecule has 0 saturated carbocycles. The SMILES string of the molecule is CCOC(=O)c1ccc(NC(=O)C(C)N(c2ccc(C)c(C)c2)S(C)(=O)=O)c(Cl)c1. The van der Waals surface area contributed by atoms with E-state index in [0.717, 1.165) is 21.7 Å². The van der Waals surface area contributed by atoms with E-state index in [4.69, 9.17) is 16.3 Å². The summed E-state index contributed by atoms with van der Waals surface area (Å²) in [4.78, 5) is 24.6. The predicted octanol–water partition coefficient (Wildman–Crippen LogP) is 3.93. The molecule has 0 bridgehead atoms. The summed E-state index contributed by atoms with van der Waals surface area (Å²) in [6.45, 7) is 7.20. The average molecular weight is 453 g/mol. The topological polar surface area (TPSA) is 92.8 Å². The number of rotatable bonds is 7. The zero-order valence-corrected chi connectivity index (χ0v) is 19.1. The van der Waals surface area contributed by atoms with Crippen molar-refractivity contribution in [2.45, 2.75) is 33.7 Å². The van der Waals surface area contributed by atoms with Gasteiger partial charge in [0.2, 0.25) is 15.9 Å². The smallest absolute Gasteiger partial charge is 0.338 e. The maximum atomic E-state index is 12.8. The van der Waals surface area contributed by atoms with Crippen LogP contribution < -0.4 is 9.62 Å². The van der Waals surface area contributed by atoms with Crippen molar-refractivity contribution in [3.05, 3.63) is 58.1 Å². The van der Waals surface area contributed by atoms with Crippen LogP contribution in [-0.2, 0) is 19.6 Å². The monoisotopic (exact) mass is 452 g/mol. The van der Waals surface area contributed by atoms with Crippen molar-refractivity contribution in [2.24, 2.45) is 0 Å². The first-order chi connectivity index (χ1) is 14.0. The number of hydrogen-bond donors (Lipinski definition) is 1. The Kier molecular flexibility index (Phi) is 7.49. The molecular formula is C21H25ClN2O5S. The second-order valence-electron chi connectivity index (χ2n) is 6.91. The molecule has 1 atom stereocenters. The molecule has 0 aliphatic heterocycles. The molecule has 162 valence electrons. The van der Waals surface area contributed by atoms with Crippen LogP contribution in [0.4, 0.5) is 11.4 Å². The first-order valence-corrected chi connectivity index (χ1v) is 11.5. The first kappa shape index (κ1) is 23.7. The summed E-state index contributed by atoms with van der Waals surface area (Å²) in [6.07, 6.45) is 1.05. The number of benzene rings is 2. The van der Waals surface area contributed by atoms with E-state index in [0.29, 0.717) is 5.69 Å². The van der Waals surface area contributed by atoms with Crippen molar-refractivity contribution in [3.63, 3.8) is 0 Å². The molecule has 0 heterocycles. The van der Waals surface area contributed by atoms with E-state index in [2.05, 4.69) is 5.32 Å². The molecule has 0 aliphatic carbocycles. The second-order valence-corrected chi connectivity index (χ2v) is 9.17. The highest BCUT2D eigenvalue weighted by Gasteiger charge is 2.29. The van der Waals surface area contributed by atoms with Gasteiger partial charge in [-0.2, -0.15) is 0 Å². The highest BCUT2D eigenvalue weighted by atomic mass is 35.5. The zero-order valence-electron chi connectivity index (χ0n) is 17.5. The lowest BCUT2D eigenvalue weighted by molar-refractivity contribution is -0.116. The van der Waals surface area contributed by atoms with Gasteiger partial charge in [-0.05, 0) is 69.2 Å². The molecule has 0 aliphatic rings. The van der Waals surface area contributed by atoms with Gasteiger partial charge in [0.25, 0.3) is 0 Å². The van der Waals surface area contributed by atoms with Crippen LogP contribution in [0.1, 0.15) is 35.3 Å². The Morgan fingerprint density at radius 2 is 1.80 bits per heavy atom. The Morgan fingerprint density at radius 1 is 1.13 bits per heavy atom. The van der Waals surface area contributed by atoms with Crippen LogP contribution in [-0.4, -0.2) is 39.2 Å². The Morgan fingerprint density at radius 3 is 2.33 bits per heavy atom. The minimum absolute atomic E-state index is 0.137. The van der Waals surface area contributed by atoms with Crippen molar-refractivity contribution in [1.82, 2.24) is 0 Å². The van der Waals surface area contributed by atoms with Gasteiger partial charge in [0.15, 0.2) is 0 Å². The second kappa shape index (κ2) is 9.49. The highest BCUT2D eigenvalue weighted by molar-refractivity contribution is 7.92. The average Bonchev–Trinajstić information content (AvgIpc) is 2.65. The van der Waals surface area contributed by atoms with Crippen LogP contribution >= 0.6 is 11.6 Å². The number of amides is 1. The summed E-state index contributed by atoms with van der Waals surface area (Å²) >= 11 is 6.19. The van der Waals surface area contributed by atoms with Crippen LogP contribution in [0, 0.1) is 13.8 Å². The molecule has 2 rings (SSSR count). The van der Waals surface area contributed by atoms with Gasteiger partial charge in [0.05, 0.1) is 34.8 Å². The summed E-state index contributed by atoms with van der Waals surface area (Å²) in [6, 6.07) is 8.48. The quantitative estimate of drug-likeness (QED) is 0.642. The molecule has 0 spiro atoms. The molecule has 0 aromatic heterocycles. The van der Waals surface area contributed by atoms with E-state index in [1.54, 1.807) is 25.1 Å². The maximum Gasteiger partial charge on any atom is 0.338 e. The summed E-state index contributed by atoms with van der Waals surface area (Å²) in [5.74, 6) is -1.09. The number of halogens is 1. The summed E-state index contributed by atoms with van der Waals surface area (Å²) in [5, 5.41) is 2.76. The fraction of sp³-hybridized carbons (Fsp3) is 0.333. The molecule has 2 aromatic rings. The molecule has 9 heteroatoms. The van der Waals surface area contributed by atoms with Gasteiger partial charge in [0.1, 0.15) is 6.04 Å². The van der Waals surface area contributed by atoms with Gasteiger partial charge in [-0.25, -0.2) is 13.2 Å². The van der Waals surface area contributed by atoms with Crippen LogP contribution in [0.15, 0.2) is 36.4 Å². The maximum absolute atomic E-state index is 12.8. The van der Waals surface area contributed by atoms with Crippen LogP contribution in [0.5, 0.6) is 0 Å². The lowest BCUT2D eigenvalue weighted by Crippen LogP contribution is -2.45. The van der Waals surface area contributed by atoms with Gasteiger partial charge in [-0.1, -0.05) is 17.7 Å². The standard InChI is InChI=1S/C21H25ClN2O5S/c1-6-29-21(26)16-8-10-19(18(22)12-16)23-20(25)15(4)24(30(5,27)28)17-9-7-13(2)14(3)11-17/h7-12,15H,6H2,1-5H3,(H,23,25). The number of ether oxygens (including phenoxy) is 1. The van der Waals surface area contributed by atoms with Crippen LogP contribution in [0.25, 0.3) is 0 Å². The lowest BCUT2D eigenvalue weighted by atomic mass is 10.1. The molecular weight excluding hydrogens is 428 g/mol. The van der Waals surface area contributed by atoms with Crippen molar-refractivity contribution in [1.29, 1.82) is 0 Å². The van der Waals surface area contributed by atoms with Gasteiger partial charge < -0.3 is 10.1 Å². The molecule has 1 amide bonds. The Hall–Kier alpha value is -2.58. The van der Waals surface area contributed by atoms with E-state index in [9.17, 15) is 18.0 Å².